The number of nitrogens with zero attached hydrogens (tertiary/aromatic N) is 8. The summed E-state index contributed by atoms with van der Waals surface area (Å²) in [7, 11) is 0. The molecule has 9 rings (SSSR count). The molecule has 320 valence electrons. The van der Waals surface area contributed by atoms with Crippen LogP contribution in [0.15, 0.2) is 79.1 Å². The van der Waals surface area contributed by atoms with Crippen LogP contribution in [0.2, 0.25) is 0 Å². The number of piperidine rings is 2. The van der Waals surface area contributed by atoms with Gasteiger partial charge in [-0.3, -0.25) is 39.1 Å². The minimum atomic E-state index is -1.00. The SMILES string of the molecule is Nc1ncnc2c1c(-c1ccc(Oc3ccccc3)cc1)nn2C1CCCN(C(=O)CCCN2CCN(CCNc3cccc4c3C(=O)N(C3CCC(=O)NC3=O)C4=O)CC2)C1. The molecule has 6 heterocycles. The highest BCUT2D eigenvalue weighted by molar-refractivity contribution is 6.25. The van der Waals surface area contributed by atoms with Gasteiger partial charge < -0.3 is 25.6 Å². The number of carbonyl (C=O) groups excluding carboxylic acids is 5. The Hall–Kier alpha value is -6.72. The predicted octanol–water partition coefficient (Wildman–Crippen LogP) is 3.94. The van der Waals surface area contributed by atoms with Gasteiger partial charge in [-0.1, -0.05) is 24.3 Å². The van der Waals surface area contributed by atoms with Crippen LogP contribution < -0.4 is 21.1 Å². The number of nitrogens with two attached hydrogens (primary N) is 1. The second-order valence-electron chi connectivity index (χ2n) is 16.2. The third-order valence-corrected chi connectivity index (χ3v) is 12.3. The number of hydrogen-bond acceptors (Lipinski definition) is 13. The molecule has 4 aliphatic rings. The van der Waals surface area contributed by atoms with Crippen molar-refractivity contribution >= 4 is 52.1 Å². The van der Waals surface area contributed by atoms with Crippen LogP contribution in [-0.2, 0) is 14.4 Å². The normalized spacial score (nSPS) is 19.8. The summed E-state index contributed by atoms with van der Waals surface area (Å²) in [6, 6.07) is 21.4. The van der Waals surface area contributed by atoms with Gasteiger partial charge in [-0.2, -0.15) is 5.10 Å². The minimum absolute atomic E-state index is 0.0557. The van der Waals surface area contributed by atoms with Crippen molar-refractivity contribution in [2.75, 3.05) is 70.0 Å². The van der Waals surface area contributed by atoms with E-state index in [1.165, 1.54) is 6.33 Å². The lowest BCUT2D eigenvalue weighted by Gasteiger charge is -2.35. The van der Waals surface area contributed by atoms with Crippen molar-refractivity contribution in [3.05, 3.63) is 90.3 Å². The summed E-state index contributed by atoms with van der Waals surface area (Å²) < 4.78 is 7.92. The number of benzene rings is 3. The number of para-hydroxylation sites is 1. The fraction of sp³-hybridized carbons (Fsp3) is 0.378. The molecule has 0 spiro atoms. The fourth-order valence-electron chi connectivity index (χ4n) is 9.00. The lowest BCUT2D eigenvalue weighted by molar-refractivity contribution is -0.136. The Morgan fingerprint density at radius 2 is 1.60 bits per heavy atom. The molecule has 17 heteroatoms. The van der Waals surface area contributed by atoms with Crippen LogP contribution in [0.1, 0.15) is 65.3 Å². The molecule has 3 saturated heterocycles. The van der Waals surface area contributed by atoms with Gasteiger partial charge >= 0.3 is 0 Å². The van der Waals surface area contributed by atoms with E-state index in [0.717, 1.165) is 74.7 Å². The Kier molecular flexibility index (Phi) is 11.6. The van der Waals surface area contributed by atoms with E-state index in [1.54, 1.807) is 18.2 Å². The molecule has 0 bridgehead atoms. The number of anilines is 2. The van der Waals surface area contributed by atoms with E-state index in [2.05, 4.69) is 30.4 Å². The number of hydrogen-bond donors (Lipinski definition) is 3. The van der Waals surface area contributed by atoms with E-state index < -0.39 is 29.7 Å². The molecule has 4 aliphatic heterocycles. The van der Waals surface area contributed by atoms with Crippen LogP contribution in [0.4, 0.5) is 11.5 Å². The van der Waals surface area contributed by atoms with Gasteiger partial charge in [0.05, 0.1) is 22.6 Å². The molecule has 0 aliphatic carbocycles. The zero-order chi connectivity index (χ0) is 42.7. The van der Waals surface area contributed by atoms with Crippen LogP contribution in [0.5, 0.6) is 11.5 Å². The minimum Gasteiger partial charge on any atom is -0.457 e. The Labute approximate surface area is 358 Å². The third kappa shape index (κ3) is 8.32. The number of rotatable bonds is 13. The highest BCUT2D eigenvalue weighted by atomic mass is 16.5. The van der Waals surface area contributed by atoms with E-state index >= 15 is 0 Å². The van der Waals surface area contributed by atoms with Crippen molar-refractivity contribution in [1.82, 2.24) is 44.7 Å². The Balaban J connectivity index is 0.739. The van der Waals surface area contributed by atoms with Gasteiger partial charge in [-0.15, -0.1) is 0 Å². The Morgan fingerprint density at radius 1 is 0.839 bits per heavy atom. The van der Waals surface area contributed by atoms with Crippen LogP contribution in [0.3, 0.4) is 0 Å². The molecule has 17 nitrogen and oxygen atoms in total. The first-order valence-electron chi connectivity index (χ1n) is 21.3. The van der Waals surface area contributed by atoms with Gasteiger partial charge in [0.15, 0.2) is 5.65 Å². The molecule has 3 aromatic carbocycles. The van der Waals surface area contributed by atoms with E-state index in [4.69, 9.17) is 15.6 Å². The average Bonchev–Trinajstić information content (AvgIpc) is 3.80. The highest BCUT2D eigenvalue weighted by Gasteiger charge is 2.45. The summed E-state index contributed by atoms with van der Waals surface area (Å²) in [5.41, 5.74) is 9.71. The second kappa shape index (κ2) is 17.7. The van der Waals surface area contributed by atoms with Crippen LogP contribution in [0, 0.1) is 0 Å². The van der Waals surface area contributed by atoms with Crippen molar-refractivity contribution in [2.45, 2.75) is 50.6 Å². The number of ether oxygens (including phenoxy) is 1. The first-order valence-corrected chi connectivity index (χ1v) is 21.3. The molecule has 2 atom stereocenters. The number of nitrogens with one attached hydrogen (secondary N) is 2. The molecule has 0 saturated carbocycles. The Bertz CT molecular complexity index is 2500. The van der Waals surface area contributed by atoms with Gasteiger partial charge in [-0.05, 0) is 80.8 Å². The van der Waals surface area contributed by atoms with Crippen molar-refractivity contribution in [1.29, 1.82) is 0 Å². The van der Waals surface area contributed by atoms with E-state index in [0.29, 0.717) is 60.0 Å². The Morgan fingerprint density at radius 3 is 2.37 bits per heavy atom. The number of aromatic nitrogens is 4. The average molecular weight is 840 g/mol. The van der Waals surface area contributed by atoms with E-state index in [-0.39, 0.29) is 35.9 Å². The largest absolute Gasteiger partial charge is 0.457 e. The summed E-state index contributed by atoms with van der Waals surface area (Å²) in [4.78, 5) is 80.9. The number of piperazine rings is 1. The van der Waals surface area contributed by atoms with Gasteiger partial charge in [0.2, 0.25) is 17.7 Å². The van der Waals surface area contributed by atoms with Crippen LogP contribution in [-0.4, -0.2) is 134 Å². The van der Waals surface area contributed by atoms with Crippen LogP contribution >= 0.6 is 0 Å². The van der Waals surface area contributed by atoms with Crippen molar-refractivity contribution in [3.8, 4) is 22.8 Å². The number of imide groups is 2. The van der Waals surface area contributed by atoms with Crippen molar-refractivity contribution in [2.24, 2.45) is 0 Å². The maximum absolute atomic E-state index is 13.6. The molecular formula is C45H49N11O6. The summed E-state index contributed by atoms with van der Waals surface area (Å²) in [5, 5.41) is 11.3. The number of likely N-dealkylation sites (tertiary alicyclic amines) is 1. The molecule has 3 fully saturated rings. The standard InChI is InChI=1S/C45H49N11O6/c46-41-39-40(29-13-15-32(16-14-29)62-31-8-2-1-3-9-31)51-56(42(39)49-28-48-41)30-7-5-21-54(27-30)37(58)12-6-20-52-23-25-53(26-24-52)22-19-47-34-11-4-10-33-38(34)45(61)55(44(33)60)35-17-18-36(57)50-43(35)59/h1-4,8-11,13-16,28,30,35,47H,5-7,12,17-27H2,(H2,46,48,49)(H,50,57,59). The quantitative estimate of drug-likeness (QED) is 0.144. The monoisotopic (exact) mass is 839 g/mol. The van der Waals surface area contributed by atoms with Gasteiger partial charge in [0.25, 0.3) is 11.8 Å². The maximum Gasteiger partial charge on any atom is 0.264 e. The first kappa shape index (κ1) is 40.7. The molecule has 62 heavy (non-hydrogen) atoms. The van der Waals surface area contributed by atoms with Gasteiger partial charge in [0.1, 0.15) is 35.4 Å². The van der Waals surface area contributed by atoms with E-state index in [9.17, 15) is 24.0 Å². The number of carbonyl (C=O) groups is 5. The maximum atomic E-state index is 13.6. The summed E-state index contributed by atoms with van der Waals surface area (Å²) >= 11 is 0. The van der Waals surface area contributed by atoms with Crippen molar-refractivity contribution in [3.63, 3.8) is 0 Å². The molecule has 2 aromatic heterocycles. The molecule has 4 N–H and O–H groups in total. The number of amides is 5. The molecule has 5 amide bonds. The number of fused-ring (bicyclic) bond motifs is 2. The second-order valence-corrected chi connectivity index (χ2v) is 16.2. The summed E-state index contributed by atoms with van der Waals surface area (Å²) in [5.74, 6) is -0.113. The topological polar surface area (TPSA) is 201 Å². The third-order valence-electron chi connectivity index (χ3n) is 12.3. The van der Waals surface area contributed by atoms with Gasteiger partial charge in [0, 0.05) is 76.5 Å². The molecule has 2 unspecified atom stereocenters. The fourth-order valence-corrected chi connectivity index (χ4v) is 9.00. The zero-order valence-electron chi connectivity index (χ0n) is 34.4. The lowest BCUT2D eigenvalue weighted by Crippen LogP contribution is -2.54. The van der Waals surface area contributed by atoms with Crippen LogP contribution in [0.25, 0.3) is 22.3 Å². The van der Waals surface area contributed by atoms with Crippen molar-refractivity contribution < 1.29 is 28.7 Å². The predicted molar refractivity (Wildman–Crippen MR) is 230 cm³/mol. The lowest BCUT2D eigenvalue weighted by atomic mass is 10.0. The number of nitrogen functional groups attached to an aromatic ring is 1. The first-order chi connectivity index (χ1) is 30.2. The molecule has 0 radical (unpaired) electrons. The smallest absolute Gasteiger partial charge is 0.264 e. The van der Waals surface area contributed by atoms with E-state index in [1.807, 2.05) is 64.2 Å². The summed E-state index contributed by atoms with van der Waals surface area (Å²) in [6.45, 7) is 6.92. The zero-order valence-corrected chi connectivity index (χ0v) is 34.4. The molecule has 5 aromatic rings. The summed E-state index contributed by atoms with van der Waals surface area (Å²) in [6.07, 6.45) is 4.61. The molecular weight excluding hydrogens is 791 g/mol. The van der Waals surface area contributed by atoms with Gasteiger partial charge in [-0.25, -0.2) is 14.6 Å². The highest BCUT2D eigenvalue weighted by Crippen LogP contribution is 2.36.